The number of benzene rings is 2. The summed E-state index contributed by atoms with van der Waals surface area (Å²) < 4.78 is 10.1. The molecule has 0 fully saturated rings. The van der Waals surface area contributed by atoms with Crippen molar-refractivity contribution in [3.05, 3.63) is 71.8 Å². The first-order valence-corrected chi connectivity index (χ1v) is 16.9. The number of hydrogen-bond acceptors (Lipinski definition) is 8. The van der Waals surface area contributed by atoms with E-state index in [1.54, 1.807) is 27.7 Å². The Bertz CT molecular complexity index is 1340. The number of carbonyl (C=O) groups excluding carboxylic acids is 5. The molecule has 2 rings (SSSR count). The Morgan fingerprint density at radius 2 is 1.27 bits per heavy atom. The van der Waals surface area contributed by atoms with Crippen LogP contribution in [0.1, 0.15) is 71.9 Å². The monoisotopic (exact) mass is 682 g/mol. The number of alkyl carbamates (subject to hydrolysis) is 1. The normalized spacial score (nSPS) is 14.8. The minimum absolute atomic E-state index is 0.00158. The van der Waals surface area contributed by atoms with E-state index in [1.807, 2.05) is 67.6 Å². The number of rotatable bonds is 19. The fourth-order valence-corrected chi connectivity index (χ4v) is 5.30. The predicted octanol–water partition coefficient (Wildman–Crippen LogP) is 3.65. The number of hydrogen-bond donors (Lipinski definition) is 5. The first-order valence-electron chi connectivity index (χ1n) is 16.9. The van der Waals surface area contributed by atoms with Crippen molar-refractivity contribution in [3.63, 3.8) is 0 Å². The van der Waals surface area contributed by atoms with Gasteiger partial charge in [-0.1, -0.05) is 102 Å². The van der Waals surface area contributed by atoms with E-state index in [2.05, 4.69) is 21.3 Å². The molecule has 12 nitrogen and oxygen atoms in total. The Balaban J connectivity index is 2.16. The lowest BCUT2D eigenvalue weighted by Gasteiger charge is -2.30. The molecule has 12 heteroatoms. The van der Waals surface area contributed by atoms with Gasteiger partial charge in [-0.2, -0.15) is 0 Å². The van der Waals surface area contributed by atoms with Crippen LogP contribution in [-0.2, 0) is 41.7 Å². The summed E-state index contributed by atoms with van der Waals surface area (Å²) in [7, 11) is 1.25. The van der Waals surface area contributed by atoms with Crippen LogP contribution in [0.5, 0.6) is 0 Å². The molecule has 2 aromatic rings. The van der Waals surface area contributed by atoms with Crippen LogP contribution in [0.15, 0.2) is 60.7 Å². The number of aliphatic hydroxyl groups is 1. The van der Waals surface area contributed by atoms with Gasteiger partial charge in [-0.3, -0.25) is 14.4 Å². The topological polar surface area (TPSA) is 172 Å². The van der Waals surface area contributed by atoms with Crippen molar-refractivity contribution in [2.45, 2.75) is 104 Å². The average molecular weight is 683 g/mol. The summed E-state index contributed by atoms with van der Waals surface area (Å²) in [4.78, 5) is 64.8. The number of nitrogens with one attached hydrogen (secondary N) is 4. The van der Waals surface area contributed by atoms with Crippen molar-refractivity contribution in [1.29, 1.82) is 0 Å². The minimum atomic E-state index is -1.15. The molecular formula is C37H54N4O8. The highest BCUT2D eigenvalue weighted by atomic mass is 16.5. The molecule has 6 atom stereocenters. The van der Waals surface area contributed by atoms with Crippen molar-refractivity contribution in [2.24, 2.45) is 17.8 Å². The highest BCUT2D eigenvalue weighted by Gasteiger charge is 2.34. The number of amides is 4. The van der Waals surface area contributed by atoms with Crippen molar-refractivity contribution < 1.29 is 38.6 Å². The summed E-state index contributed by atoms with van der Waals surface area (Å²) in [5.41, 5.74) is 1.65. The molecule has 0 heterocycles. The zero-order chi connectivity index (χ0) is 36.5. The Morgan fingerprint density at radius 1 is 0.714 bits per heavy atom. The predicted molar refractivity (Wildman–Crippen MR) is 186 cm³/mol. The second-order valence-corrected chi connectivity index (χ2v) is 13.0. The van der Waals surface area contributed by atoms with Crippen molar-refractivity contribution in [1.82, 2.24) is 21.3 Å². The standard InChI is InChI=1S/C37H54N4O8/c1-8-15-28(34(44)40-31(23(2)3)35(45)41-32(24(4)5)36(46)48-7)21-30(42)29(20-26-16-11-9-12-17-26)39-33(43)25(6)38-37(47)49-22-27-18-13-10-14-19-27/h9-14,16-19,23-25,28-32,42H,8,15,20-22H2,1-7H3,(H,38,47)(H,39,43)(H,40,44)(H,41,45)/t25?,28-,29?,30+,31?,32?/m1/s1. The van der Waals surface area contributed by atoms with Gasteiger partial charge in [0.25, 0.3) is 0 Å². The van der Waals surface area contributed by atoms with E-state index in [0.717, 1.165) is 11.1 Å². The van der Waals surface area contributed by atoms with Gasteiger partial charge in [0, 0.05) is 5.92 Å². The lowest BCUT2D eigenvalue weighted by atomic mass is 9.89. The van der Waals surface area contributed by atoms with Crippen LogP contribution >= 0.6 is 0 Å². The fraction of sp³-hybridized carbons (Fsp3) is 0.541. The van der Waals surface area contributed by atoms with E-state index in [4.69, 9.17) is 9.47 Å². The van der Waals surface area contributed by atoms with Gasteiger partial charge < -0.3 is 35.8 Å². The third-order valence-electron chi connectivity index (χ3n) is 8.23. The molecule has 2 aromatic carbocycles. The fourth-order valence-electron chi connectivity index (χ4n) is 5.30. The maximum Gasteiger partial charge on any atom is 0.408 e. The van der Waals surface area contributed by atoms with Crippen LogP contribution in [0, 0.1) is 17.8 Å². The van der Waals surface area contributed by atoms with Gasteiger partial charge in [0.15, 0.2) is 0 Å². The molecule has 270 valence electrons. The van der Waals surface area contributed by atoms with E-state index in [0.29, 0.717) is 12.8 Å². The van der Waals surface area contributed by atoms with Crippen LogP contribution in [0.2, 0.25) is 0 Å². The largest absolute Gasteiger partial charge is 0.467 e. The van der Waals surface area contributed by atoms with Crippen molar-refractivity contribution in [3.8, 4) is 0 Å². The summed E-state index contributed by atoms with van der Waals surface area (Å²) in [5.74, 6) is -3.28. The van der Waals surface area contributed by atoms with Gasteiger partial charge in [0.05, 0.1) is 19.3 Å². The molecule has 49 heavy (non-hydrogen) atoms. The zero-order valence-corrected chi connectivity index (χ0v) is 29.7. The number of aliphatic hydroxyl groups excluding tert-OH is 1. The molecule has 0 aliphatic carbocycles. The molecule has 0 aromatic heterocycles. The third kappa shape index (κ3) is 13.9. The quantitative estimate of drug-likeness (QED) is 0.140. The Morgan fingerprint density at radius 3 is 1.80 bits per heavy atom. The van der Waals surface area contributed by atoms with Crippen LogP contribution in [0.25, 0.3) is 0 Å². The van der Waals surface area contributed by atoms with E-state index >= 15 is 0 Å². The SMILES string of the molecule is CCC[C@H](C[C@H](O)C(Cc1ccccc1)NC(=O)C(C)NC(=O)OCc1ccccc1)C(=O)NC(C(=O)NC(C(=O)OC)C(C)C)C(C)C. The maximum absolute atomic E-state index is 13.7. The summed E-state index contributed by atoms with van der Waals surface area (Å²) in [6.07, 6.45) is -0.602. The zero-order valence-electron chi connectivity index (χ0n) is 29.7. The highest BCUT2D eigenvalue weighted by Crippen LogP contribution is 2.20. The Hall–Kier alpha value is -4.45. The summed E-state index contributed by atoms with van der Waals surface area (Å²) in [6.45, 7) is 10.6. The van der Waals surface area contributed by atoms with Crippen LogP contribution in [-0.4, -0.2) is 72.3 Å². The first-order chi connectivity index (χ1) is 23.3. The minimum Gasteiger partial charge on any atom is -0.467 e. The van der Waals surface area contributed by atoms with E-state index < -0.39 is 66.0 Å². The second-order valence-electron chi connectivity index (χ2n) is 13.0. The molecule has 0 radical (unpaired) electrons. The molecule has 4 amide bonds. The van der Waals surface area contributed by atoms with Crippen LogP contribution in [0.3, 0.4) is 0 Å². The average Bonchev–Trinajstić information content (AvgIpc) is 3.08. The van der Waals surface area contributed by atoms with Crippen LogP contribution < -0.4 is 21.3 Å². The highest BCUT2D eigenvalue weighted by molar-refractivity contribution is 5.91. The first kappa shape index (κ1) is 40.7. The van der Waals surface area contributed by atoms with Gasteiger partial charge in [-0.05, 0) is 49.1 Å². The summed E-state index contributed by atoms with van der Waals surface area (Å²) >= 11 is 0. The van der Waals surface area contributed by atoms with Gasteiger partial charge in [-0.25, -0.2) is 9.59 Å². The number of ether oxygens (including phenoxy) is 2. The molecule has 0 aliphatic heterocycles. The number of carbonyl (C=O) groups is 5. The Labute approximate surface area is 290 Å². The Kier molecular flexibility index (Phi) is 17.3. The maximum atomic E-state index is 13.7. The van der Waals surface area contributed by atoms with Gasteiger partial charge in [-0.15, -0.1) is 0 Å². The summed E-state index contributed by atoms with van der Waals surface area (Å²) in [6, 6.07) is 14.8. The second kappa shape index (κ2) is 20.8. The smallest absolute Gasteiger partial charge is 0.408 e. The van der Waals surface area contributed by atoms with E-state index in [-0.39, 0.29) is 31.3 Å². The molecule has 0 bridgehead atoms. The van der Waals surface area contributed by atoms with E-state index in [9.17, 15) is 29.1 Å². The van der Waals surface area contributed by atoms with Gasteiger partial charge >= 0.3 is 12.1 Å². The molecule has 0 saturated heterocycles. The van der Waals surface area contributed by atoms with Gasteiger partial charge in [0.2, 0.25) is 17.7 Å². The van der Waals surface area contributed by atoms with Crippen LogP contribution in [0.4, 0.5) is 4.79 Å². The lowest BCUT2D eigenvalue weighted by molar-refractivity contribution is -0.147. The molecule has 4 unspecified atom stereocenters. The molecule has 0 saturated carbocycles. The van der Waals surface area contributed by atoms with Gasteiger partial charge in [0.1, 0.15) is 24.7 Å². The lowest BCUT2D eigenvalue weighted by Crippen LogP contribution is -2.56. The van der Waals surface area contributed by atoms with Crippen molar-refractivity contribution >= 4 is 29.8 Å². The molecule has 5 N–H and O–H groups in total. The van der Waals surface area contributed by atoms with E-state index in [1.165, 1.54) is 14.0 Å². The molecule has 0 aliphatic rings. The third-order valence-corrected chi connectivity index (χ3v) is 8.23. The number of esters is 1. The number of methoxy groups -OCH3 is 1. The molecular weight excluding hydrogens is 628 g/mol. The molecule has 0 spiro atoms. The van der Waals surface area contributed by atoms with Crippen molar-refractivity contribution in [2.75, 3.05) is 7.11 Å². The summed E-state index contributed by atoms with van der Waals surface area (Å²) in [5, 5.41) is 22.5.